The Morgan fingerprint density at radius 3 is 2.62 bits per heavy atom. The van der Waals surface area contributed by atoms with E-state index in [1.807, 2.05) is 30.3 Å². The second-order valence-electron chi connectivity index (χ2n) is 5.54. The van der Waals surface area contributed by atoms with E-state index in [4.69, 9.17) is 28.3 Å². The number of aromatic amines is 1. The predicted octanol–water partition coefficient (Wildman–Crippen LogP) is 6.31. The Morgan fingerprint density at radius 1 is 1.12 bits per heavy atom. The lowest BCUT2D eigenvalue weighted by Crippen LogP contribution is -1.96. The zero-order valence-electron chi connectivity index (χ0n) is 12.6. The maximum atomic E-state index is 10.8. The van der Waals surface area contributed by atoms with Gasteiger partial charge in [0.25, 0.3) is 0 Å². The number of nitrogens with one attached hydrogen (secondary N) is 1. The average Bonchev–Trinajstić information content (AvgIpc) is 2.88. The van der Waals surface area contributed by atoms with Crippen molar-refractivity contribution < 1.29 is 9.90 Å². The fourth-order valence-electron chi connectivity index (χ4n) is 2.79. The van der Waals surface area contributed by atoms with Gasteiger partial charge in [-0.3, -0.25) is 4.79 Å². The minimum atomic E-state index is -0.785. The number of benzene rings is 2. The number of carboxylic acids is 1. The number of H-pyrrole nitrogens is 1. The van der Waals surface area contributed by atoms with Gasteiger partial charge in [-0.05, 0) is 54.3 Å². The summed E-state index contributed by atoms with van der Waals surface area (Å²) in [5.74, 6) is -0.785. The van der Waals surface area contributed by atoms with Crippen LogP contribution in [-0.4, -0.2) is 16.1 Å². The zero-order chi connectivity index (χ0) is 17.3. The predicted molar refractivity (Wildman–Crippen MR) is 102 cm³/mol. The number of rotatable bonds is 5. The van der Waals surface area contributed by atoms with Crippen molar-refractivity contribution in [2.75, 3.05) is 0 Å². The molecule has 0 bridgehead atoms. The average molecular weight is 427 g/mol. The molecule has 3 nitrogen and oxygen atoms in total. The molecule has 2 N–H and O–H groups in total. The van der Waals surface area contributed by atoms with Crippen LogP contribution in [0, 0.1) is 0 Å². The van der Waals surface area contributed by atoms with Gasteiger partial charge in [-0.25, -0.2) is 0 Å². The molecular formula is C18H14BrCl2NO2. The van der Waals surface area contributed by atoms with Gasteiger partial charge >= 0.3 is 5.97 Å². The van der Waals surface area contributed by atoms with E-state index in [2.05, 4.69) is 20.9 Å². The third-order valence-electron chi connectivity index (χ3n) is 3.89. The normalized spacial score (nSPS) is 11.1. The fraction of sp³-hybridized carbons (Fsp3) is 0.167. The van der Waals surface area contributed by atoms with Gasteiger partial charge in [0.1, 0.15) is 0 Å². The molecule has 24 heavy (non-hydrogen) atoms. The number of hydrogen-bond acceptors (Lipinski definition) is 1. The highest BCUT2D eigenvalue weighted by Crippen LogP contribution is 2.35. The van der Waals surface area contributed by atoms with Crippen LogP contribution < -0.4 is 0 Å². The minimum Gasteiger partial charge on any atom is -0.481 e. The fourth-order valence-corrected chi connectivity index (χ4v) is 3.45. The van der Waals surface area contributed by atoms with Gasteiger partial charge in [0.15, 0.2) is 0 Å². The molecule has 0 saturated heterocycles. The van der Waals surface area contributed by atoms with E-state index in [9.17, 15) is 4.79 Å². The zero-order valence-corrected chi connectivity index (χ0v) is 15.7. The Morgan fingerprint density at radius 2 is 1.92 bits per heavy atom. The third kappa shape index (κ3) is 3.61. The standard InChI is InChI=1S/C18H14BrCl2NO2/c19-11-5-7-16-13(9-11)12(2-1-3-17(23)24)18(22-16)10-4-6-14(20)15(21)8-10/h4-9,22H,1-3H2,(H,23,24). The molecule has 6 heteroatoms. The molecular weight excluding hydrogens is 413 g/mol. The lowest BCUT2D eigenvalue weighted by molar-refractivity contribution is -0.137. The van der Waals surface area contributed by atoms with Crippen LogP contribution in [0.2, 0.25) is 10.0 Å². The number of halogens is 3. The lowest BCUT2D eigenvalue weighted by atomic mass is 10.0. The molecule has 2 aromatic carbocycles. The Hall–Kier alpha value is -1.49. The largest absolute Gasteiger partial charge is 0.481 e. The van der Waals surface area contributed by atoms with Crippen molar-refractivity contribution in [3.8, 4) is 11.3 Å². The number of aliphatic carboxylic acids is 1. The van der Waals surface area contributed by atoms with Gasteiger partial charge in [0.2, 0.25) is 0 Å². The first-order valence-corrected chi connectivity index (χ1v) is 8.98. The van der Waals surface area contributed by atoms with Crippen LogP contribution in [0.25, 0.3) is 22.2 Å². The highest BCUT2D eigenvalue weighted by atomic mass is 79.9. The number of fused-ring (bicyclic) bond motifs is 1. The Kier molecular flexibility index (Phi) is 5.18. The van der Waals surface area contributed by atoms with Gasteiger partial charge in [-0.15, -0.1) is 0 Å². The first-order chi connectivity index (χ1) is 11.5. The molecule has 124 valence electrons. The van der Waals surface area contributed by atoms with E-state index in [0.717, 1.165) is 32.2 Å². The topological polar surface area (TPSA) is 53.1 Å². The summed E-state index contributed by atoms with van der Waals surface area (Å²) in [5.41, 5.74) is 3.98. The van der Waals surface area contributed by atoms with Crippen molar-refractivity contribution >= 4 is 56.0 Å². The van der Waals surface area contributed by atoms with Gasteiger partial charge in [-0.2, -0.15) is 0 Å². The molecule has 0 atom stereocenters. The third-order valence-corrected chi connectivity index (χ3v) is 5.13. The van der Waals surface area contributed by atoms with Gasteiger partial charge in [0.05, 0.1) is 10.0 Å². The van der Waals surface area contributed by atoms with Crippen LogP contribution in [0.5, 0.6) is 0 Å². The molecule has 0 aliphatic rings. The van der Waals surface area contributed by atoms with Crippen molar-refractivity contribution in [2.45, 2.75) is 19.3 Å². The maximum Gasteiger partial charge on any atom is 0.303 e. The molecule has 0 aliphatic carbocycles. The first-order valence-electron chi connectivity index (χ1n) is 7.43. The van der Waals surface area contributed by atoms with Gasteiger partial charge in [-0.1, -0.05) is 45.2 Å². The van der Waals surface area contributed by atoms with E-state index in [0.29, 0.717) is 22.9 Å². The second kappa shape index (κ2) is 7.18. The first kappa shape index (κ1) is 17.3. The van der Waals surface area contributed by atoms with E-state index in [-0.39, 0.29) is 6.42 Å². The van der Waals surface area contributed by atoms with Crippen molar-refractivity contribution in [3.05, 3.63) is 56.5 Å². The molecule has 0 saturated carbocycles. The van der Waals surface area contributed by atoms with E-state index in [1.165, 1.54) is 0 Å². The minimum absolute atomic E-state index is 0.140. The highest BCUT2D eigenvalue weighted by Gasteiger charge is 2.15. The van der Waals surface area contributed by atoms with Gasteiger partial charge in [0, 0.05) is 27.5 Å². The van der Waals surface area contributed by atoms with Gasteiger partial charge < -0.3 is 10.1 Å². The number of aryl methyl sites for hydroxylation is 1. The van der Waals surface area contributed by atoms with Crippen LogP contribution in [0.1, 0.15) is 18.4 Å². The summed E-state index contributed by atoms with van der Waals surface area (Å²) in [4.78, 5) is 14.3. The summed E-state index contributed by atoms with van der Waals surface area (Å²) in [6.07, 6.45) is 1.38. The van der Waals surface area contributed by atoms with E-state index < -0.39 is 5.97 Å². The van der Waals surface area contributed by atoms with Crippen LogP contribution in [0.4, 0.5) is 0 Å². The van der Waals surface area contributed by atoms with E-state index in [1.54, 1.807) is 6.07 Å². The monoisotopic (exact) mass is 425 g/mol. The second-order valence-corrected chi connectivity index (χ2v) is 7.27. The summed E-state index contributed by atoms with van der Waals surface area (Å²) < 4.78 is 0.981. The number of aromatic nitrogens is 1. The smallest absolute Gasteiger partial charge is 0.303 e. The molecule has 1 heterocycles. The van der Waals surface area contributed by atoms with Crippen LogP contribution in [-0.2, 0) is 11.2 Å². The Labute approximate surface area is 157 Å². The SMILES string of the molecule is O=C(O)CCCc1c(-c2ccc(Cl)c(Cl)c2)[nH]c2ccc(Br)cc12. The number of carbonyl (C=O) groups is 1. The van der Waals surface area contributed by atoms with Crippen LogP contribution in [0.15, 0.2) is 40.9 Å². The molecule has 0 aliphatic heterocycles. The number of carboxylic acid groups (broad SMARTS) is 1. The van der Waals surface area contributed by atoms with Crippen LogP contribution >= 0.6 is 39.1 Å². The summed E-state index contributed by atoms with van der Waals surface area (Å²) in [6.45, 7) is 0. The maximum absolute atomic E-state index is 10.8. The molecule has 1 aromatic heterocycles. The molecule has 0 amide bonds. The Bertz CT molecular complexity index is 921. The van der Waals surface area contributed by atoms with E-state index >= 15 is 0 Å². The molecule has 0 fully saturated rings. The molecule has 0 spiro atoms. The summed E-state index contributed by atoms with van der Waals surface area (Å²) in [6, 6.07) is 11.5. The lowest BCUT2D eigenvalue weighted by Gasteiger charge is -2.06. The van der Waals surface area contributed by atoms with Crippen LogP contribution in [0.3, 0.4) is 0 Å². The summed E-state index contributed by atoms with van der Waals surface area (Å²) in [5, 5.41) is 11.0. The molecule has 0 unspecified atom stereocenters. The number of hydrogen-bond donors (Lipinski definition) is 2. The highest BCUT2D eigenvalue weighted by molar-refractivity contribution is 9.10. The molecule has 3 aromatic rings. The summed E-state index contributed by atoms with van der Waals surface area (Å²) in [7, 11) is 0. The van der Waals surface area contributed by atoms with Crippen molar-refractivity contribution in [2.24, 2.45) is 0 Å². The molecule has 0 radical (unpaired) electrons. The molecule has 3 rings (SSSR count). The Balaban J connectivity index is 2.11. The van der Waals surface area contributed by atoms with Crippen molar-refractivity contribution in [1.29, 1.82) is 0 Å². The van der Waals surface area contributed by atoms with Crippen molar-refractivity contribution in [3.63, 3.8) is 0 Å². The van der Waals surface area contributed by atoms with Crippen molar-refractivity contribution in [1.82, 2.24) is 4.98 Å². The summed E-state index contributed by atoms with van der Waals surface area (Å²) >= 11 is 15.7. The quantitative estimate of drug-likeness (QED) is 0.502.